The molecule has 0 unspecified atom stereocenters. The summed E-state index contributed by atoms with van der Waals surface area (Å²) in [4.78, 5) is 0. The molecular weight excluding hydrogens is 1230 g/mol. The molecule has 0 rings (SSSR count). The van der Waals surface area contributed by atoms with E-state index in [9.17, 15) is 0 Å². The topological polar surface area (TPSA) is 0 Å². The van der Waals surface area contributed by atoms with Gasteiger partial charge < -0.3 is 122 Å². The first-order chi connectivity index (χ1) is 0. The first kappa shape index (κ1) is 71.4. The van der Waals surface area contributed by atoms with Crippen LogP contribution < -0.4 is 0 Å². The van der Waals surface area contributed by atoms with Gasteiger partial charge >= 0.3 is 198 Å². The minimum Gasteiger partial charge on any atom is -2.00 e. The summed E-state index contributed by atoms with van der Waals surface area (Å²) in [6.07, 6.45) is 0. The van der Waals surface area contributed by atoms with Crippen LogP contribution in [-0.4, -0.2) is 122 Å². The summed E-state index contributed by atoms with van der Waals surface area (Å²) in [5, 5.41) is 0. The quantitative estimate of drug-likeness (QED) is 0.241. The molecule has 0 radical (unpaired) electrons. The molecule has 0 N–H and O–H groups in total. The van der Waals surface area contributed by atoms with E-state index < -0.39 is 0 Å². The van der Waals surface area contributed by atoms with Crippen molar-refractivity contribution in [2.24, 2.45) is 0 Å². The summed E-state index contributed by atoms with van der Waals surface area (Å²) in [5.41, 5.74) is 0. The zero-order valence-corrected chi connectivity index (χ0v) is 25.8. The molecule has 0 fully saturated rings. The Balaban J connectivity index is 0. The predicted octanol–water partition coefficient (Wildman–Crippen LogP) is -2.28. The molecule has 0 heterocycles. The molecule has 0 saturated carbocycles. The van der Waals surface area contributed by atoms with Crippen molar-refractivity contribution in [3.63, 3.8) is 0 Å². The van der Waals surface area contributed by atoms with Gasteiger partial charge in [-0.1, -0.05) is 0 Å². The van der Waals surface area contributed by atoms with Gasteiger partial charge in [-0.05, 0) is 0 Å². The van der Waals surface area contributed by atoms with E-state index in [-0.39, 0.29) is 320 Å². The van der Waals surface area contributed by atoms with Gasteiger partial charge in [-0.25, -0.2) is 0 Å². The molecule has 10 heavy (non-hydrogen) atoms. The maximum Gasteiger partial charge on any atom is 3.00 e. The van der Waals surface area contributed by atoms with Crippen molar-refractivity contribution in [1.82, 2.24) is 0 Å². The molecule has 0 aliphatic rings. The smallest absolute Gasteiger partial charge is 2.00 e. The number of rotatable bonds is 0. The fraction of sp³-hybridized carbons (Fsp3) is 0. The van der Waals surface area contributed by atoms with Gasteiger partial charge in [0, 0.05) is 0 Å². The van der Waals surface area contributed by atoms with E-state index >= 15 is 0 Å². The van der Waals surface area contributed by atoms with Crippen LogP contribution in [-0.2, 0) is 0 Å². The van der Waals surface area contributed by atoms with Crippen molar-refractivity contribution in [2.75, 3.05) is 0 Å². The van der Waals surface area contributed by atoms with Crippen LogP contribution in [0.3, 0.4) is 0 Å². The Hall–Kier alpha value is 10.3. The van der Waals surface area contributed by atoms with Crippen LogP contribution in [0.15, 0.2) is 0 Å². The van der Waals surface area contributed by atoms with Crippen LogP contribution >= 0.6 is 0 Å². The molecule has 0 spiro atoms. The maximum absolute atomic E-state index is 0. The molecule has 0 atom stereocenters. The molecular formula is Eu4Se3Te3. The van der Waals surface area contributed by atoms with Crippen LogP contribution in [0.1, 0.15) is 0 Å². The van der Waals surface area contributed by atoms with Crippen molar-refractivity contribution < 1.29 is 198 Å². The predicted molar refractivity (Wildman–Crippen MR) is 34.5 cm³/mol. The van der Waals surface area contributed by atoms with Crippen LogP contribution in [0.5, 0.6) is 0 Å². The van der Waals surface area contributed by atoms with Crippen LogP contribution in [0.25, 0.3) is 0 Å². The number of hydrogen-bond donors (Lipinski definition) is 0. The van der Waals surface area contributed by atoms with E-state index in [1.54, 1.807) is 0 Å². The molecule has 64 valence electrons. The summed E-state index contributed by atoms with van der Waals surface area (Å²) in [6, 6.07) is 0. The Morgan fingerprint density at radius 1 is 0.300 bits per heavy atom. The molecule has 0 bridgehead atoms. The fourth-order valence-electron chi connectivity index (χ4n) is 0. The largest absolute Gasteiger partial charge is 3.00 e. The third-order valence-corrected chi connectivity index (χ3v) is 0. The second-order valence-electron chi connectivity index (χ2n) is 0. The minimum atomic E-state index is 0. The molecule has 0 aromatic carbocycles. The Morgan fingerprint density at radius 2 is 0.300 bits per heavy atom. The Morgan fingerprint density at radius 3 is 0.300 bits per heavy atom. The van der Waals surface area contributed by atoms with Crippen molar-refractivity contribution in [3.8, 4) is 0 Å². The monoisotopic (exact) mass is 1240 g/mol. The molecule has 0 aromatic rings. The molecule has 0 amide bonds. The van der Waals surface area contributed by atoms with Crippen molar-refractivity contribution in [3.05, 3.63) is 0 Å². The summed E-state index contributed by atoms with van der Waals surface area (Å²) < 4.78 is 0. The van der Waals surface area contributed by atoms with E-state index in [0.29, 0.717) is 0 Å². The Labute approximate surface area is 308 Å². The van der Waals surface area contributed by atoms with Gasteiger partial charge in [0.1, 0.15) is 0 Å². The first-order valence-electron chi connectivity index (χ1n) is 0. The SMILES string of the molecule is [Eu+3].[Eu+3].[Eu+3].[Eu+3].[Se-2].[Se-2].[Se-2].[Te-2].[Te-2].[Te-2]. The molecule has 0 aliphatic heterocycles. The maximum atomic E-state index is 0. The Kier molecular flexibility index (Phi) is 435. The first-order valence-corrected chi connectivity index (χ1v) is 0. The molecule has 10 heteroatoms. The average molecular weight is 1230 g/mol. The third-order valence-electron chi connectivity index (χ3n) is 0. The fourth-order valence-corrected chi connectivity index (χ4v) is 0. The zero-order valence-electron chi connectivity index (χ0n) is 3.96. The standard InChI is InChI=1S/4Eu.3Se.3Te/q4*+3;6*-2. The van der Waals surface area contributed by atoms with Gasteiger partial charge in [0.05, 0.1) is 0 Å². The normalized spacial score (nSPS) is 0. The van der Waals surface area contributed by atoms with Crippen molar-refractivity contribution in [2.45, 2.75) is 0 Å². The zero-order chi connectivity index (χ0) is 0. The van der Waals surface area contributed by atoms with E-state index in [4.69, 9.17) is 0 Å². The summed E-state index contributed by atoms with van der Waals surface area (Å²) in [7, 11) is 0. The number of hydrogen-bond acceptors (Lipinski definition) is 0. The van der Waals surface area contributed by atoms with E-state index in [0.717, 1.165) is 0 Å². The van der Waals surface area contributed by atoms with Gasteiger partial charge in [0.2, 0.25) is 0 Å². The van der Waals surface area contributed by atoms with Gasteiger partial charge in [-0.3, -0.25) is 0 Å². The van der Waals surface area contributed by atoms with E-state index in [1.807, 2.05) is 0 Å². The van der Waals surface area contributed by atoms with Crippen LogP contribution in [0, 0.1) is 198 Å². The average Bonchev–Trinajstić information content (AvgIpc) is 0. The Bertz CT molecular complexity index is 15.7. The van der Waals surface area contributed by atoms with E-state index in [2.05, 4.69) is 0 Å². The van der Waals surface area contributed by atoms with Gasteiger partial charge in [-0.2, -0.15) is 0 Å². The van der Waals surface area contributed by atoms with E-state index in [1.165, 1.54) is 0 Å². The van der Waals surface area contributed by atoms with Gasteiger partial charge in [-0.15, -0.1) is 0 Å². The molecule has 0 aliphatic carbocycles. The second kappa shape index (κ2) is 61.0. The summed E-state index contributed by atoms with van der Waals surface area (Å²) in [5.74, 6) is 0. The second-order valence-corrected chi connectivity index (χ2v) is 0. The van der Waals surface area contributed by atoms with Gasteiger partial charge in [0.25, 0.3) is 0 Å². The molecule has 0 nitrogen and oxygen atoms in total. The third kappa shape index (κ3) is 51.7. The van der Waals surface area contributed by atoms with Gasteiger partial charge in [0.15, 0.2) is 0 Å². The van der Waals surface area contributed by atoms with Crippen molar-refractivity contribution in [1.29, 1.82) is 0 Å². The van der Waals surface area contributed by atoms with Crippen molar-refractivity contribution >= 4 is 122 Å². The summed E-state index contributed by atoms with van der Waals surface area (Å²) >= 11 is 0. The molecule has 0 aromatic heterocycles. The molecule has 0 saturated heterocycles. The van der Waals surface area contributed by atoms with Crippen LogP contribution in [0.2, 0.25) is 0 Å². The van der Waals surface area contributed by atoms with Crippen LogP contribution in [0.4, 0.5) is 0 Å². The summed E-state index contributed by atoms with van der Waals surface area (Å²) in [6.45, 7) is 0. The minimum absolute atomic E-state index is 0.